The lowest BCUT2D eigenvalue weighted by molar-refractivity contribution is 0.112. The molecule has 0 amide bonds. The summed E-state index contributed by atoms with van der Waals surface area (Å²) >= 11 is 0. The molecule has 0 radical (unpaired) electrons. The fraction of sp³-hybridized carbons (Fsp3) is 0.462. The van der Waals surface area contributed by atoms with Gasteiger partial charge in [-0.25, -0.2) is 4.39 Å². The van der Waals surface area contributed by atoms with E-state index in [4.69, 9.17) is 5.11 Å². The third kappa shape index (κ3) is 2.64. The molecule has 1 aromatic carbocycles. The van der Waals surface area contributed by atoms with Crippen LogP contribution in [0, 0.1) is 11.7 Å². The summed E-state index contributed by atoms with van der Waals surface area (Å²) in [7, 11) is 0. The van der Waals surface area contributed by atoms with Gasteiger partial charge in [0, 0.05) is 25.3 Å². The number of hydrogen-bond donors (Lipinski definition) is 1. The van der Waals surface area contributed by atoms with Crippen molar-refractivity contribution in [1.82, 2.24) is 0 Å². The van der Waals surface area contributed by atoms with Gasteiger partial charge in [0.1, 0.15) is 12.1 Å². The number of halogens is 1. The number of carbonyl (C=O) groups is 1. The number of nitrogens with zero attached hydrogens (tertiary/aromatic N) is 1. The van der Waals surface area contributed by atoms with Crippen LogP contribution in [0.5, 0.6) is 0 Å². The number of aliphatic hydroxyl groups is 1. The van der Waals surface area contributed by atoms with E-state index in [0.29, 0.717) is 24.1 Å². The summed E-state index contributed by atoms with van der Waals surface area (Å²) in [6.07, 6.45) is 2.58. The molecule has 0 aromatic heterocycles. The number of benzene rings is 1. The summed E-state index contributed by atoms with van der Waals surface area (Å²) in [5.74, 6) is -0.151. The maximum atomic E-state index is 13.8. The van der Waals surface area contributed by atoms with Crippen molar-refractivity contribution in [3.05, 3.63) is 29.6 Å². The first kappa shape index (κ1) is 12.0. The molecule has 3 nitrogen and oxygen atoms in total. The Bertz CT molecular complexity index is 408. The van der Waals surface area contributed by atoms with E-state index in [-0.39, 0.29) is 18.3 Å². The molecule has 1 aromatic rings. The van der Waals surface area contributed by atoms with E-state index in [1.165, 1.54) is 6.07 Å². The van der Waals surface area contributed by atoms with Crippen molar-refractivity contribution in [2.24, 2.45) is 5.92 Å². The normalized spacial score (nSPS) is 20.4. The Morgan fingerprint density at radius 3 is 3.00 bits per heavy atom. The van der Waals surface area contributed by atoms with Crippen molar-refractivity contribution in [2.45, 2.75) is 12.8 Å². The molecule has 17 heavy (non-hydrogen) atoms. The summed E-state index contributed by atoms with van der Waals surface area (Å²) < 4.78 is 13.8. The van der Waals surface area contributed by atoms with Gasteiger partial charge in [0.15, 0.2) is 0 Å². The molecule has 0 spiro atoms. The highest BCUT2D eigenvalue weighted by atomic mass is 19.1. The van der Waals surface area contributed by atoms with E-state index in [9.17, 15) is 9.18 Å². The van der Waals surface area contributed by atoms with Crippen molar-refractivity contribution >= 4 is 12.0 Å². The van der Waals surface area contributed by atoms with Crippen LogP contribution in [-0.2, 0) is 0 Å². The topological polar surface area (TPSA) is 40.5 Å². The number of piperidine rings is 1. The fourth-order valence-corrected chi connectivity index (χ4v) is 2.29. The molecule has 1 atom stereocenters. The molecule has 92 valence electrons. The number of carbonyl (C=O) groups excluding carboxylic acids is 1. The van der Waals surface area contributed by atoms with Crippen LogP contribution < -0.4 is 4.90 Å². The van der Waals surface area contributed by atoms with Gasteiger partial charge in [0.25, 0.3) is 0 Å². The van der Waals surface area contributed by atoms with Crippen molar-refractivity contribution in [3.8, 4) is 0 Å². The minimum atomic E-state index is -0.367. The summed E-state index contributed by atoms with van der Waals surface area (Å²) in [6.45, 7) is 1.62. The Hall–Kier alpha value is -1.42. The lowest BCUT2D eigenvalue weighted by Crippen LogP contribution is -2.37. The third-order valence-electron chi connectivity index (χ3n) is 3.23. The largest absolute Gasteiger partial charge is 0.396 e. The van der Waals surface area contributed by atoms with Crippen LogP contribution in [0.4, 0.5) is 10.1 Å². The van der Waals surface area contributed by atoms with Crippen molar-refractivity contribution in [1.29, 1.82) is 0 Å². The summed E-state index contributed by atoms with van der Waals surface area (Å²) in [4.78, 5) is 12.5. The molecule has 1 fully saturated rings. The van der Waals surface area contributed by atoms with Gasteiger partial charge in [-0.3, -0.25) is 4.79 Å². The first-order valence-corrected chi connectivity index (χ1v) is 5.85. The molecular formula is C13H16FNO2. The molecule has 0 saturated carbocycles. The minimum absolute atomic E-state index is 0.143. The van der Waals surface area contributed by atoms with Gasteiger partial charge < -0.3 is 10.0 Å². The van der Waals surface area contributed by atoms with Crippen molar-refractivity contribution in [3.63, 3.8) is 0 Å². The Labute approximate surface area is 99.9 Å². The van der Waals surface area contributed by atoms with Gasteiger partial charge in [-0.05, 0) is 37.0 Å². The van der Waals surface area contributed by atoms with Gasteiger partial charge >= 0.3 is 0 Å². The highest BCUT2D eigenvalue weighted by molar-refractivity contribution is 5.76. The monoisotopic (exact) mass is 237 g/mol. The van der Waals surface area contributed by atoms with Gasteiger partial charge in [0.05, 0.1) is 5.69 Å². The number of hydrogen-bond acceptors (Lipinski definition) is 3. The van der Waals surface area contributed by atoms with Crippen LogP contribution >= 0.6 is 0 Å². The van der Waals surface area contributed by atoms with E-state index < -0.39 is 0 Å². The quantitative estimate of drug-likeness (QED) is 0.816. The van der Waals surface area contributed by atoms with Crippen LogP contribution in [0.1, 0.15) is 23.2 Å². The number of aliphatic hydroxyl groups excluding tert-OH is 1. The first-order valence-electron chi connectivity index (χ1n) is 5.85. The van der Waals surface area contributed by atoms with Gasteiger partial charge in [-0.1, -0.05) is 0 Å². The molecule has 1 aliphatic heterocycles. The molecule has 2 rings (SSSR count). The third-order valence-corrected chi connectivity index (χ3v) is 3.23. The molecule has 1 aliphatic rings. The van der Waals surface area contributed by atoms with Crippen LogP contribution in [-0.4, -0.2) is 31.1 Å². The van der Waals surface area contributed by atoms with Crippen LogP contribution in [0.15, 0.2) is 18.2 Å². The summed E-state index contributed by atoms with van der Waals surface area (Å²) in [5.41, 5.74) is 0.871. The zero-order chi connectivity index (χ0) is 12.3. The predicted molar refractivity (Wildman–Crippen MR) is 63.8 cm³/mol. The smallest absolute Gasteiger partial charge is 0.150 e. The molecule has 1 unspecified atom stereocenters. The van der Waals surface area contributed by atoms with Crippen molar-refractivity contribution < 1.29 is 14.3 Å². The number of anilines is 1. The standard InChI is InChI=1S/C13H16FNO2/c14-12-6-10(8-16)3-4-13(12)15-5-1-2-11(7-15)9-17/h3-4,6,8,11,17H,1-2,5,7,9H2. The van der Waals surface area contributed by atoms with Crippen LogP contribution in [0.3, 0.4) is 0 Å². The molecule has 1 heterocycles. The van der Waals surface area contributed by atoms with E-state index in [2.05, 4.69) is 0 Å². The summed E-state index contributed by atoms with van der Waals surface area (Å²) in [5, 5.41) is 9.14. The Balaban J connectivity index is 2.18. The zero-order valence-corrected chi connectivity index (χ0v) is 9.60. The Morgan fingerprint density at radius 2 is 2.35 bits per heavy atom. The van der Waals surface area contributed by atoms with E-state index in [1.807, 2.05) is 4.90 Å². The lowest BCUT2D eigenvalue weighted by Gasteiger charge is -2.33. The number of aldehydes is 1. The molecule has 1 saturated heterocycles. The summed E-state index contributed by atoms with van der Waals surface area (Å²) in [6, 6.07) is 4.51. The average Bonchev–Trinajstić information content (AvgIpc) is 2.38. The highest BCUT2D eigenvalue weighted by Gasteiger charge is 2.21. The molecule has 0 aliphatic carbocycles. The Kier molecular flexibility index (Phi) is 3.74. The zero-order valence-electron chi connectivity index (χ0n) is 9.60. The number of rotatable bonds is 3. The minimum Gasteiger partial charge on any atom is -0.396 e. The predicted octanol–water partition coefficient (Wildman–Crippen LogP) is 1.85. The maximum Gasteiger partial charge on any atom is 0.150 e. The second-order valence-electron chi connectivity index (χ2n) is 4.47. The molecular weight excluding hydrogens is 221 g/mol. The van der Waals surface area contributed by atoms with Gasteiger partial charge in [0.2, 0.25) is 0 Å². The Morgan fingerprint density at radius 1 is 1.53 bits per heavy atom. The average molecular weight is 237 g/mol. The maximum absolute atomic E-state index is 13.8. The van der Waals surface area contributed by atoms with Crippen molar-refractivity contribution in [2.75, 3.05) is 24.6 Å². The van der Waals surface area contributed by atoms with E-state index in [0.717, 1.165) is 19.4 Å². The highest BCUT2D eigenvalue weighted by Crippen LogP contribution is 2.25. The first-order chi connectivity index (χ1) is 8.24. The molecule has 1 N–H and O–H groups in total. The fourth-order valence-electron chi connectivity index (χ4n) is 2.29. The van der Waals surface area contributed by atoms with Gasteiger partial charge in [-0.2, -0.15) is 0 Å². The van der Waals surface area contributed by atoms with E-state index in [1.54, 1.807) is 12.1 Å². The van der Waals surface area contributed by atoms with Crippen LogP contribution in [0.25, 0.3) is 0 Å². The van der Waals surface area contributed by atoms with Crippen LogP contribution in [0.2, 0.25) is 0 Å². The second-order valence-corrected chi connectivity index (χ2v) is 4.47. The van der Waals surface area contributed by atoms with Gasteiger partial charge in [-0.15, -0.1) is 0 Å². The van der Waals surface area contributed by atoms with E-state index >= 15 is 0 Å². The SMILES string of the molecule is O=Cc1ccc(N2CCCC(CO)C2)c(F)c1. The molecule has 4 heteroatoms. The molecule has 0 bridgehead atoms. The lowest BCUT2D eigenvalue weighted by atomic mass is 9.98. The second kappa shape index (κ2) is 5.27.